The molecule has 5 aromatic rings. The Morgan fingerprint density at radius 2 is 1.61 bits per heavy atom. The number of aromatic nitrogens is 1. The molecule has 2 bridgehead atoms. The van der Waals surface area contributed by atoms with E-state index in [-0.39, 0.29) is 47.3 Å². The van der Waals surface area contributed by atoms with Gasteiger partial charge < -0.3 is 35.1 Å². The summed E-state index contributed by atoms with van der Waals surface area (Å²) in [6.45, 7) is 5.30. The monoisotopic (exact) mass is 817 g/mol. The molecule has 2 atom stereocenters. The van der Waals surface area contributed by atoms with Gasteiger partial charge in [-0.2, -0.15) is 0 Å². The molecule has 4 aliphatic heterocycles. The number of aliphatic hydroxyl groups is 1. The van der Waals surface area contributed by atoms with Gasteiger partial charge in [0.1, 0.15) is 11.9 Å². The Morgan fingerprint density at radius 3 is 2.32 bits per heavy atom. The third-order valence-electron chi connectivity index (χ3n) is 12.4. The lowest BCUT2D eigenvalue weighted by atomic mass is 9.72. The minimum atomic E-state index is -0.897. The number of aliphatic hydroxyl groups excluding tert-OH is 1. The number of hydrogen-bond donors (Lipinski definition) is 4. The number of rotatable bonds is 14. The van der Waals surface area contributed by atoms with Crippen molar-refractivity contribution in [2.45, 2.75) is 56.3 Å². The van der Waals surface area contributed by atoms with Gasteiger partial charge in [-0.15, -0.1) is 11.3 Å². The van der Waals surface area contributed by atoms with Gasteiger partial charge in [-0.25, -0.2) is 0 Å². The summed E-state index contributed by atoms with van der Waals surface area (Å²) in [5.74, 6) is -0.163. The van der Waals surface area contributed by atoms with E-state index in [1.54, 1.807) is 34.1 Å². The van der Waals surface area contributed by atoms with Gasteiger partial charge in [0.25, 0.3) is 11.8 Å². The zero-order valence-electron chi connectivity index (χ0n) is 33.1. The van der Waals surface area contributed by atoms with E-state index in [1.807, 2.05) is 60.7 Å². The van der Waals surface area contributed by atoms with Gasteiger partial charge in [-0.05, 0) is 98.6 Å². The van der Waals surface area contributed by atoms with Crippen LogP contribution >= 0.6 is 11.3 Å². The molecule has 13 heteroatoms. The van der Waals surface area contributed by atoms with Crippen LogP contribution in [0.25, 0.3) is 10.9 Å². The summed E-state index contributed by atoms with van der Waals surface area (Å²) in [6.07, 6.45) is 2.65. The lowest BCUT2D eigenvalue weighted by Crippen LogP contribution is -2.55. The molecule has 2 aromatic heterocycles. The fourth-order valence-corrected chi connectivity index (χ4v) is 9.92. The van der Waals surface area contributed by atoms with E-state index in [0.29, 0.717) is 78.6 Å². The number of thiophene rings is 1. The molecule has 2 amide bonds. The third-order valence-corrected chi connectivity index (χ3v) is 13.5. The molecular weight excluding hydrogens is 767 g/mol. The van der Waals surface area contributed by atoms with E-state index < -0.39 is 11.5 Å². The second-order valence-corrected chi connectivity index (χ2v) is 17.1. The fourth-order valence-electron chi connectivity index (χ4n) is 8.98. The first-order valence-corrected chi connectivity index (χ1v) is 21.4. The summed E-state index contributed by atoms with van der Waals surface area (Å²) >= 11 is 1.19. The number of fused-ring (bicyclic) bond motifs is 4. The number of phenols is 1. The number of aromatic hydroxyl groups is 1. The van der Waals surface area contributed by atoms with Crippen LogP contribution in [-0.4, -0.2) is 106 Å². The number of nitrogens with one attached hydrogen (secondary N) is 2. The quantitative estimate of drug-likeness (QED) is 0.0845. The molecule has 0 spiro atoms. The molecule has 9 rings (SSSR count). The first-order chi connectivity index (χ1) is 28.7. The molecule has 59 heavy (non-hydrogen) atoms. The molecule has 3 aromatic carbocycles. The number of phenolic OH excluding ortho intramolecular Hbond substituents is 1. The highest BCUT2D eigenvalue weighted by atomic mass is 32.1. The van der Waals surface area contributed by atoms with Crippen LogP contribution in [0.15, 0.2) is 102 Å². The standard InChI is InChI=1S/C46H51N5O7S/c52-36-14-12-34(35-13-17-41(54)48-42(35)36)37(53)28-47-22-7-23-51(29-31-8-3-1-4-9-31)44(56)40-16-15-39(59-40)43(55)50-26-20-46(21-27-50,33-10-5-2-6-11-33)45(57)58-38-30-49-24-18-32(38)19-25-49/h1-6,8-17,32,37-38,47,52-53H,7,18-30H2,(H,48,54). The molecule has 0 aliphatic carbocycles. The smallest absolute Gasteiger partial charge is 0.317 e. The molecule has 12 nitrogen and oxygen atoms in total. The fraction of sp³-hybridized carbons (Fsp3) is 0.391. The molecule has 4 fully saturated rings. The second kappa shape index (κ2) is 17.9. The minimum absolute atomic E-state index is 0.0677. The molecule has 0 radical (unpaired) electrons. The van der Waals surface area contributed by atoms with E-state index in [2.05, 4.69) is 15.2 Å². The average Bonchev–Trinajstić information content (AvgIpc) is 3.77. The second-order valence-electron chi connectivity index (χ2n) is 16.1. The molecule has 308 valence electrons. The van der Waals surface area contributed by atoms with Crippen LogP contribution in [0.4, 0.5) is 0 Å². The first-order valence-electron chi connectivity index (χ1n) is 20.6. The number of ether oxygens (including phenoxy) is 1. The zero-order chi connectivity index (χ0) is 40.9. The zero-order valence-corrected chi connectivity index (χ0v) is 33.9. The molecular formula is C46H51N5O7S. The number of piperidine rings is 4. The van der Waals surface area contributed by atoms with Crippen molar-refractivity contribution < 1.29 is 29.3 Å². The van der Waals surface area contributed by atoms with Crippen LogP contribution in [0.1, 0.15) is 74.2 Å². The first kappa shape index (κ1) is 40.4. The number of benzene rings is 3. The van der Waals surface area contributed by atoms with E-state index >= 15 is 0 Å². The minimum Gasteiger partial charge on any atom is -0.506 e. The van der Waals surface area contributed by atoms with E-state index in [1.165, 1.54) is 23.5 Å². The summed E-state index contributed by atoms with van der Waals surface area (Å²) in [5.41, 5.74) is 1.60. The number of pyridine rings is 1. The molecule has 4 saturated heterocycles. The van der Waals surface area contributed by atoms with Gasteiger partial charge in [0.05, 0.1) is 26.8 Å². The Labute approximate surface area is 347 Å². The molecule has 0 saturated carbocycles. The number of H-pyrrole nitrogens is 1. The van der Waals surface area contributed by atoms with E-state index in [0.717, 1.165) is 43.6 Å². The molecule has 6 heterocycles. The normalized spacial score (nSPS) is 20.3. The average molecular weight is 818 g/mol. The van der Waals surface area contributed by atoms with Crippen molar-refractivity contribution in [2.75, 3.05) is 52.4 Å². The van der Waals surface area contributed by atoms with Crippen molar-refractivity contribution in [3.63, 3.8) is 0 Å². The number of aromatic amines is 1. The van der Waals surface area contributed by atoms with Gasteiger partial charge in [0.2, 0.25) is 5.56 Å². The summed E-state index contributed by atoms with van der Waals surface area (Å²) in [5, 5.41) is 25.0. The van der Waals surface area contributed by atoms with Crippen molar-refractivity contribution in [2.24, 2.45) is 5.92 Å². The maximum Gasteiger partial charge on any atom is 0.317 e. The topological polar surface area (TPSA) is 156 Å². The number of nitrogens with zero attached hydrogens (tertiary/aromatic N) is 3. The van der Waals surface area contributed by atoms with Crippen molar-refractivity contribution in [1.29, 1.82) is 0 Å². The number of carbonyl (C=O) groups excluding carboxylic acids is 3. The molecule has 4 N–H and O–H groups in total. The van der Waals surface area contributed by atoms with Gasteiger partial charge in [-0.1, -0.05) is 66.7 Å². The maximum absolute atomic E-state index is 14.1. The Kier molecular flexibility index (Phi) is 12.3. The van der Waals surface area contributed by atoms with Crippen LogP contribution < -0.4 is 10.9 Å². The lowest BCUT2D eigenvalue weighted by molar-refractivity contribution is -0.167. The van der Waals surface area contributed by atoms with Gasteiger partial charge >= 0.3 is 5.97 Å². The Hall–Kier alpha value is -5.34. The predicted octanol–water partition coefficient (Wildman–Crippen LogP) is 5.46. The summed E-state index contributed by atoms with van der Waals surface area (Å²) < 4.78 is 6.33. The van der Waals surface area contributed by atoms with Gasteiger partial charge in [0.15, 0.2) is 0 Å². The highest BCUT2D eigenvalue weighted by Gasteiger charge is 2.47. The number of esters is 1. The largest absolute Gasteiger partial charge is 0.506 e. The number of likely N-dealkylation sites (tertiary alicyclic amines) is 1. The van der Waals surface area contributed by atoms with Crippen LogP contribution in [0.5, 0.6) is 5.75 Å². The molecule has 4 aliphatic rings. The van der Waals surface area contributed by atoms with E-state index in [4.69, 9.17) is 4.74 Å². The lowest BCUT2D eigenvalue weighted by Gasteiger charge is -2.46. The predicted molar refractivity (Wildman–Crippen MR) is 226 cm³/mol. The third kappa shape index (κ3) is 8.84. The summed E-state index contributed by atoms with van der Waals surface area (Å²) in [6, 6.07) is 29.1. The van der Waals surface area contributed by atoms with Gasteiger partial charge in [-0.3, -0.25) is 24.1 Å². The number of amides is 2. The summed E-state index contributed by atoms with van der Waals surface area (Å²) in [4.78, 5) is 63.5. The number of hydrogen-bond acceptors (Lipinski definition) is 10. The summed E-state index contributed by atoms with van der Waals surface area (Å²) in [7, 11) is 0. The van der Waals surface area contributed by atoms with Crippen LogP contribution in [0.2, 0.25) is 0 Å². The Morgan fingerprint density at radius 1 is 0.898 bits per heavy atom. The Bertz CT molecular complexity index is 2320. The Balaban J connectivity index is 0.892. The SMILES string of the molecule is O=C(c1ccc(C(=O)N(CCCNCC(O)c2ccc(O)c3[nH]c(=O)ccc23)Cc2ccccc2)s1)N1CCC(C(=O)OC2CN3CCC2CC3)(c2ccccc2)CC1. The number of carbonyl (C=O) groups is 3. The van der Waals surface area contributed by atoms with Gasteiger partial charge in [0, 0.05) is 50.7 Å². The van der Waals surface area contributed by atoms with E-state index in [9.17, 15) is 29.4 Å². The molecule has 2 unspecified atom stereocenters. The van der Waals surface area contributed by atoms with Crippen molar-refractivity contribution in [3.8, 4) is 5.75 Å². The highest BCUT2D eigenvalue weighted by molar-refractivity contribution is 7.15. The van der Waals surface area contributed by atoms with Crippen molar-refractivity contribution in [3.05, 3.63) is 134 Å². The maximum atomic E-state index is 14.1. The van der Waals surface area contributed by atoms with Crippen LogP contribution in [-0.2, 0) is 21.5 Å². The van der Waals surface area contributed by atoms with Crippen LogP contribution in [0, 0.1) is 5.92 Å². The highest BCUT2D eigenvalue weighted by Crippen LogP contribution is 2.40. The van der Waals surface area contributed by atoms with Crippen molar-refractivity contribution in [1.82, 2.24) is 25.0 Å². The van der Waals surface area contributed by atoms with Crippen molar-refractivity contribution >= 4 is 40.0 Å². The van der Waals surface area contributed by atoms with Crippen LogP contribution in [0.3, 0.4) is 0 Å².